The summed E-state index contributed by atoms with van der Waals surface area (Å²) in [4.78, 5) is 2.21. The molecule has 3 rings (SSSR count). The number of para-hydroxylation sites is 1. The molecule has 0 bridgehead atoms. The molecule has 2 heteroatoms. The molecule has 0 aromatic heterocycles. The Morgan fingerprint density at radius 2 is 1.63 bits per heavy atom. The molecular formula is C17H16ClN. The second-order valence-electron chi connectivity index (χ2n) is 5.11. The summed E-state index contributed by atoms with van der Waals surface area (Å²) >= 11 is 6.15. The van der Waals surface area contributed by atoms with Gasteiger partial charge in [-0.3, -0.25) is 0 Å². The van der Waals surface area contributed by atoms with Gasteiger partial charge in [0.2, 0.25) is 0 Å². The Morgan fingerprint density at radius 1 is 0.947 bits per heavy atom. The maximum absolute atomic E-state index is 6.15. The Morgan fingerprint density at radius 3 is 2.37 bits per heavy atom. The van der Waals surface area contributed by atoms with E-state index in [4.69, 9.17) is 11.6 Å². The van der Waals surface area contributed by atoms with Crippen LogP contribution in [-0.4, -0.2) is 7.05 Å². The van der Waals surface area contributed by atoms with Crippen molar-refractivity contribution in [2.75, 3.05) is 11.9 Å². The molecule has 0 atom stereocenters. The number of hydrogen-bond acceptors (Lipinski definition) is 1. The number of halogens is 1. The molecule has 2 aromatic carbocycles. The van der Waals surface area contributed by atoms with Crippen molar-refractivity contribution >= 4 is 28.5 Å². The minimum Gasteiger partial charge on any atom is -0.344 e. The number of fused-ring (bicyclic) bond motifs is 2. The lowest BCUT2D eigenvalue weighted by Crippen LogP contribution is -2.18. The Kier molecular flexibility index (Phi) is 2.87. The van der Waals surface area contributed by atoms with Crippen LogP contribution in [0.4, 0.5) is 11.4 Å². The lowest BCUT2D eigenvalue weighted by molar-refractivity contribution is 1.16. The molecule has 0 aliphatic carbocycles. The van der Waals surface area contributed by atoms with Crippen molar-refractivity contribution in [3.8, 4) is 0 Å². The van der Waals surface area contributed by atoms with Crippen molar-refractivity contribution in [3.63, 3.8) is 0 Å². The number of anilines is 2. The highest BCUT2D eigenvalue weighted by molar-refractivity contribution is 6.31. The third-order valence-electron chi connectivity index (χ3n) is 3.63. The van der Waals surface area contributed by atoms with E-state index in [-0.39, 0.29) is 0 Å². The summed E-state index contributed by atoms with van der Waals surface area (Å²) < 4.78 is 0. The molecule has 1 aliphatic rings. The zero-order valence-corrected chi connectivity index (χ0v) is 12.1. The van der Waals surface area contributed by atoms with Gasteiger partial charge in [0.15, 0.2) is 0 Å². The van der Waals surface area contributed by atoms with E-state index in [1.54, 1.807) is 0 Å². The van der Waals surface area contributed by atoms with Gasteiger partial charge >= 0.3 is 0 Å². The molecule has 0 radical (unpaired) electrons. The van der Waals surface area contributed by atoms with Crippen LogP contribution in [0.1, 0.15) is 25.0 Å². The molecular weight excluding hydrogens is 254 g/mol. The molecule has 0 spiro atoms. The van der Waals surface area contributed by atoms with Crippen molar-refractivity contribution in [1.29, 1.82) is 0 Å². The van der Waals surface area contributed by atoms with Crippen molar-refractivity contribution in [3.05, 3.63) is 64.2 Å². The van der Waals surface area contributed by atoms with Crippen LogP contribution in [0.15, 0.2) is 48.0 Å². The van der Waals surface area contributed by atoms with Gasteiger partial charge in [0.25, 0.3) is 0 Å². The van der Waals surface area contributed by atoms with E-state index >= 15 is 0 Å². The van der Waals surface area contributed by atoms with E-state index in [0.29, 0.717) is 0 Å². The van der Waals surface area contributed by atoms with Gasteiger partial charge in [0.05, 0.1) is 5.69 Å². The molecule has 0 saturated heterocycles. The van der Waals surface area contributed by atoms with Gasteiger partial charge in [-0.1, -0.05) is 41.4 Å². The first-order valence-electron chi connectivity index (χ1n) is 6.40. The molecule has 1 aliphatic heterocycles. The van der Waals surface area contributed by atoms with Crippen molar-refractivity contribution in [2.45, 2.75) is 13.8 Å². The van der Waals surface area contributed by atoms with Crippen molar-refractivity contribution in [2.24, 2.45) is 0 Å². The third kappa shape index (κ3) is 1.85. The second kappa shape index (κ2) is 4.43. The second-order valence-corrected chi connectivity index (χ2v) is 5.55. The quantitative estimate of drug-likeness (QED) is 0.630. The van der Waals surface area contributed by atoms with Gasteiger partial charge in [-0.2, -0.15) is 0 Å². The maximum atomic E-state index is 6.15. The SMILES string of the molecule is CC(C)=C1c2ccccc2N(C)c2cc(Cl)ccc21. The number of rotatable bonds is 0. The average Bonchev–Trinajstić information content (AvgIpc) is 2.39. The molecule has 96 valence electrons. The summed E-state index contributed by atoms with van der Waals surface area (Å²) in [5, 5.41) is 0.776. The highest BCUT2D eigenvalue weighted by Gasteiger charge is 2.24. The molecule has 1 heterocycles. The Labute approximate surface area is 119 Å². The van der Waals surface area contributed by atoms with Gasteiger partial charge in [0.1, 0.15) is 0 Å². The fourth-order valence-corrected chi connectivity index (χ4v) is 2.95. The summed E-state index contributed by atoms with van der Waals surface area (Å²) in [6.45, 7) is 4.33. The predicted octanol–water partition coefficient (Wildman–Crippen LogP) is 5.26. The zero-order chi connectivity index (χ0) is 13.6. The highest BCUT2D eigenvalue weighted by Crippen LogP contribution is 2.45. The minimum atomic E-state index is 0.776. The van der Waals surface area contributed by atoms with Crippen LogP contribution in [0.3, 0.4) is 0 Å². The van der Waals surface area contributed by atoms with E-state index in [1.165, 1.54) is 33.6 Å². The summed E-state index contributed by atoms with van der Waals surface area (Å²) in [5.74, 6) is 0. The lowest BCUT2D eigenvalue weighted by Gasteiger charge is -2.32. The molecule has 2 aromatic rings. The molecule has 0 unspecified atom stereocenters. The van der Waals surface area contributed by atoms with E-state index in [9.17, 15) is 0 Å². The van der Waals surface area contributed by atoms with Gasteiger partial charge in [0, 0.05) is 28.9 Å². The molecule has 0 amide bonds. The fourth-order valence-electron chi connectivity index (χ4n) is 2.78. The Bertz CT molecular complexity index is 681. The summed E-state index contributed by atoms with van der Waals surface area (Å²) in [7, 11) is 2.09. The van der Waals surface area contributed by atoms with Gasteiger partial charge in [-0.25, -0.2) is 0 Å². The summed E-state index contributed by atoms with van der Waals surface area (Å²) in [6.07, 6.45) is 0. The number of hydrogen-bond donors (Lipinski definition) is 0. The molecule has 19 heavy (non-hydrogen) atoms. The predicted molar refractivity (Wildman–Crippen MR) is 83.3 cm³/mol. The largest absolute Gasteiger partial charge is 0.344 e. The van der Waals surface area contributed by atoms with E-state index < -0.39 is 0 Å². The monoisotopic (exact) mass is 269 g/mol. The van der Waals surface area contributed by atoms with Gasteiger partial charge in [-0.15, -0.1) is 0 Å². The first-order valence-corrected chi connectivity index (χ1v) is 6.78. The number of nitrogens with zero attached hydrogens (tertiary/aromatic N) is 1. The minimum absolute atomic E-state index is 0.776. The van der Waals surface area contributed by atoms with Crippen LogP contribution in [0.2, 0.25) is 5.02 Å². The van der Waals surface area contributed by atoms with Crippen LogP contribution >= 0.6 is 11.6 Å². The zero-order valence-electron chi connectivity index (χ0n) is 11.4. The molecule has 0 fully saturated rings. The number of allylic oxidation sites excluding steroid dienone is 1. The van der Waals surface area contributed by atoms with Crippen LogP contribution in [0, 0.1) is 0 Å². The normalized spacial score (nSPS) is 13.1. The van der Waals surface area contributed by atoms with Gasteiger partial charge in [-0.05, 0) is 37.6 Å². The third-order valence-corrected chi connectivity index (χ3v) is 3.86. The number of benzene rings is 2. The van der Waals surface area contributed by atoms with Crippen LogP contribution < -0.4 is 4.90 Å². The summed E-state index contributed by atoms with van der Waals surface area (Å²) in [5.41, 5.74) is 7.59. The molecule has 0 saturated carbocycles. The first-order chi connectivity index (χ1) is 9.09. The van der Waals surface area contributed by atoms with Crippen molar-refractivity contribution in [1.82, 2.24) is 0 Å². The first kappa shape index (κ1) is 12.3. The standard InChI is InChI=1S/C17H16ClN/c1-11(2)17-13-6-4-5-7-15(13)19(3)16-10-12(18)8-9-14(16)17/h4-10H,1-3H3. The van der Waals surface area contributed by atoms with Gasteiger partial charge < -0.3 is 4.90 Å². The smallest absolute Gasteiger partial charge is 0.0503 e. The van der Waals surface area contributed by atoms with Crippen LogP contribution in [0.25, 0.3) is 5.57 Å². The molecule has 1 nitrogen and oxygen atoms in total. The highest BCUT2D eigenvalue weighted by atomic mass is 35.5. The topological polar surface area (TPSA) is 3.24 Å². The Balaban J connectivity index is 2.37. The van der Waals surface area contributed by atoms with E-state index in [2.05, 4.69) is 56.1 Å². The van der Waals surface area contributed by atoms with Crippen molar-refractivity contribution < 1.29 is 0 Å². The lowest BCUT2D eigenvalue weighted by atomic mass is 9.88. The van der Waals surface area contributed by atoms with E-state index in [1.807, 2.05) is 12.1 Å². The molecule has 0 N–H and O–H groups in total. The summed E-state index contributed by atoms with van der Waals surface area (Å²) in [6, 6.07) is 14.6. The van der Waals surface area contributed by atoms with E-state index in [0.717, 1.165) is 5.02 Å². The average molecular weight is 270 g/mol. The Hall–Kier alpha value is -1.73. The maximum Gasteiger partial charge on any atom is 0.0503 e. The van der Waals surface area contributed by atoms with Crippen LogP contribution in [0.5, 0.6) is 0 Å². The van der Waals surface area contributed by atoms with Crippen LogP contribution in [-0.2, 0) is 0 Å². The fraction of sp³-hybridized carbons (Fsp3) is 0.176.